The van der Waals surface area contributed by atoms with Gasteiger partial charge in [-0.05, 0) is 50.2 Å². The lowest BCUT2D eigenvalue weighted by Crippen LogP contribution is -2.42. The molecule has 1 atom stereocenters. The van der Waals surface area contributed by atoms with Gasteiger partial charge in [-0.1, -0.05) is 30.3 Å². The van der Waals surface area contributed by atoms with E-state index in [4.69, 9.17) is 4.74 Å². The highest BCUT2D eigenvalue weighted by atomic mass is 32.2. The smallest absolute Gasteiger partial charge is 0.264 e. The molecule has 6 nitrogen and oxygen atoms in total. The van der Waals surface area contributed by atoms with Gasteiger partial charge in [0, 0.05) is 6.54 Å². The van der Waals surface area contributed by atoms with Crippen LogP contribution in [0.15, 0.2) is 59.5 Å². The lowest BCUT2D eigenvalue weighted by atomic mass is 10.2. The number of hydrogen-bond donors (Lipinski definition) is 1. The zero-order valence-corrected chi connectivity index (χ0v) is 16.3. The van der Waals surface area contributed by atoms with Crippen LogP contribution in [0.25, 0.3) is 0 Å². The summed E-state index contributed by atoms with van der Waals surface area (Å²) in [5, 5.41) is 10.6. The first kappa shape index (κ1) is 19.7. The molecule has 27 heavy (non-hydrogen) atoms. The van der Waals surface area contributed by atoms with Gasteiger partial charge in [-0.25, -0.2) is 8.42 Å². The van der Waals surface area contributed by atoms with Gasteiger partial charge < -0.3 is 14.7 Å². The summed E-state index contributed by atoms with van der Waals surface area (Å²) in [5.41, 5.74) is 0.421. The van der Waals surface area contributed by atoms with Crippen molar-refractivity contribution in [3.63, 3.8) is 0 Å². The summed E-state index contributed by atoms with van der Waals surface area (Å²) in [4.78, 5) is 2.35. The molecule has 1 N–H and O–H groups in total. The normalized spacial score (nSPS) is 16.2. The number of rotatable bonds is 8. The summed E-state index contributed by atoms with van der Waals surface area (Å²) in [7, 11) is -2.33. The number of aliphatic hydroxyl groups excluding tert-OH is 1. The van der Waals surface area contributed by atoms with Crippen LogP contribution in [0.2, 0.25) is 0 Å². The predicted molar refractivity (Wildman–Crippen MR) is 106 cm³/mol. The first-order valence-electron chi connectivity index (χ1n) is 9.13. The van der Waals surface area contributed by atoms with Crippen LogP contribution in [0.5, 0.6) is 5.75 Å². The van der Waals surface area contributed by atoms with Gasteiger partial charge in [-0.3, -0.25) is 4.31 Å². The van der Waals surface area contributed by atoms with Crippen molar-refractivity contribution >= 4 is 15.7 Å². The molecule has 7 heteroatoms. The number of methoxy groups -OCH3 is 1. The zero-order chi connectivity index (χ0) is 19.3. The van der Waals surface area contributed by atoms with Crippen LogP contribution in [-0.2, 0) is 10.0 Å². The molecule has 0 bridgehead atoms. The second kappa shape index (κ2) is 8.73. The second-order valence-corrected chi connectivity index (χ2v) is 8.54. The maximum absolute atomic E-state index is 13.3. The average Bonchev–Trinajstić information content (AvgIpc) is 3.19. The van der Waals surface area contributed by atoms with Crippen molar-refractivity contribution in [2.75, 3.05) is 37.6 Å². The van der Waals surface area contributed by atoms with E-state index in [1.54, 1.807) is 54.6 Å². The van der Waals surface area contributed by atoms with E-state index >= 15 is 0 Å². The summed E-state index contributed by atoms with van der Waals surface area (Å²) >= 11 is 0. The zero-order valence-electron chi connectivity index (χ0n) is 15.5. The molecule has 0 aliphatic carbocycles. The Morgan fingerprint density at radius 2 is 1.70 bits per heavy atom. The highest BCUT2D eigenvalue weighted by Gasteiger charge is 2.30. The number of likely N-dealkylation sites (tertiary alicyclic amines) is 1. The van der Waals surface area contributed by atoms with Crippen molar-refractivity contribution < 1.29 is 18.3 Å². The molecule has 0 aromatic heterocycles. The molecule has 1 saturated heterocycles. The Balaban J connectivity index is 1.93. The van der Waals surface area contributed by atoms with E-state index in [-0.39, 0.29) is 11.4 Å². The van der Waals surface area contributed by atoms with Gasteiger partial charge in [-0.15, -0.1) is 0 Å². The first-order chi connectivity index (χ1) is 13.0. The molecule has 0 saturated carbocycles. The van der Waals surface area contributed by atoms with E-state index in [9.17, 15) is 13.5 Å². The van der Waals surface area contributed by atoms with Gasteiger partial charge >= 0.3 is 0 Å². The largest absolute Gasteiger partial charge is 0.495 e. The van der Waals surface area contributed by atoms with E-state index in [1.165, 1.54) is 11.4 Å². The molecule has 3 rings (SSSR count). The maximum atomic E-state index is 13.3. The molecule has 0 radical (unpaired) electrons. The Bertz CT molecular complexity index is 836. The van der Waals surface area contributed by atoms with E-state index in [2.05, 4.69) is 4.90 Å². The van der Waals surface area contributed by atoms with Gasteiger partial charge in [0.25, 0.3) is 10.0 Å². The first-order valence-corrected chi connectivity index (χ1v) is 10.6. The predicted octanol–water partition coefficient (Wildman–Crippen LogP) is 2.35. The van der Waals surface area contributed by atoms with E-state index in [1.807, 2.05) is 0 Å². The van der Waals surface area contributed by atoms with E-state index in [0.29, 0.717) is 18.0 Å². The van der Waals surface area contributed by atoms with Gasteiger partial charge in [0.1, 0.15) is 5.75 Å². The minimum atomic E-state index is -3.84. The average molecular weight is 391 g/mol. The van der Waals surface area contributed by atoms with Crippen LogP contribution in [0.3, 0.4) is 0 Å². The topological polar surface area (TPSA) is 70.1 Å². The summed E-state index contributed by atoms with van der Waals surface area (Å²) in [6, 6.07) is 15.2. The molecule has 1 fully saturated rings. The van der Waals surface area contributed by atoms with Crippen LogP contribution in [0.1, 0.15) is 12.8 Å². The van der Waals surface area contributed by atoms with E-state index in [0.717, 1.165) is 25.9 Å². The lowest BCUT2D eigenvalue weighted by molar-refractivity contribution is 0.132. The molecule has 0 amide bonds. The number of nitrogens with zero attached hydrogens (tertiary/aromatic N) is 2. The fourth-order valence-electron chi connectivity index (χ4n) is 3.39. The van der Waals surface area contributed by atoms with Gasteiger partial charge in [0.2, 0.25) is 0 Å². The number of anilines is 1. The lowest BCUT2D eigenvalue weighted by Gasteiger charge is -2.29. The minimum Gasteiger partial charge on any atom is -0.495 e. The summed E-state index contributed by atoms with van der Waals surface area (Å²) < 4.78 is 33.3. The Labute approximate surface area is 161 Å². The van der Waals surface area contributed by atoms with Gasteiger partial charge in [0.15, 0.2) is 0 Å². The number of ether oxygens (including phenoxy) is 1. The van der Waals surface area contributed by atoms with Crippen LogP contribution < -0.4 is 9.04 Å². The number of sulfonamides is 1. The minimum absolute atomic E-state index is 0.0336. The third-order valence-corrected chi connectivity index (χ3v) is 6.52. The monoisotopic (exact) mass is 390 g/mol. The van der Waals surface area contributed by atoms with Crippen molar-refractivity contribution in [3.05, 3.63) is 54.6 Å². The third kappa shape index (κ3) is 4.61. The summed E-state index contributed by atoms with van der Waals surface area (Å²) in [6.07, 6.45) is 1.43. The third-order valence-electron chi connectivity index (χ3n) is 4.73. The Morgan fingerprint density at radius 3 is 2.37 bits per heavy atom. The number of β-amino-alcohol motifs (C(OH)–C–C–N with tert-alkyl or cyclic N) is 1. The van der Waals surface area contributed by atoms with Crippen LogP contribution in [-0.4, -0.2) is 57.8 Å². The maximum Gasteiger partial charge on any atom is 0.264 e. The van der Waals surface area contributed by atoms with Crippen molar-refractivity contribution in [1.82, 2.24) is 4.90 Å². The van der Waals surface area contributed by atoms with Gasteiger partial charge in [-0.2, -0.15) is 0 Å². The highest BCUT2D eigenvalue weighted by Crippen LogP contribution is 2.32. The molecular formula is C20H26N2O4S. The van der Waals surface area contributed by atoms with Crippen LogP contribution in [0, 0.1) is 0 Å². The van der Waals surface area contributed by atoms with E-state index < -0.39 is 16.1 Å². The Hall–Kier alpha value is -2.09. The number of hydrogen-bond acceptors (Lipinski definition) is 5. The molecular weight excluding hydrogens is 364 g/mol. The molecule has 146 valence electrons. The standard InChI is InChI=1S/C20H26N2O4S/c1-26-20-12-6-5-11-19(20)22(16-17(23)15-21-13-7-8-14-21)27(24,25)18-9-3-2-4-10-18/h2-6,9-12,17,23H,7-8,13-16H2,1H3/t17-/m0/s1. The quantitative estimate of drug-likeness (QED) is 0.749. The van der Waals surface area contributed by atoms with Crippen molar-refractivity contribution in [2.24, 2.45) is 0 Å². The van der Waals surface area contributed by atoms with Gasteiger partial charge in [0.05, 0.1) is 30.3 Å². The Kier molecular flexibility index (Phi) is 6.36. The summed E-state index contributed by atoms with van der Waals surface area (Å²) in [6.45, 7) is 2.30. The van der Waals surface area contributed by atoms with Crippen molar-refractivity contribution in [3.8, 4) is 5.75 Å². The fraction of sp³-hybridized carbons (Fsp3) is 0.400. The van der Waals surface area contributed by atoms with Crippen molar-refractivity contribution in [2.45, 2.75) is 23.8 Å². The second-order valence-electron chi connectivity index (χ2n) is 6.68. The molecule has 1 aliphatic heterocycles. The molecule has 2 aromatic carbocycles. The molecule has 0 unspecified atom stereocenters. The molecule has 2 aromatic rings. The molecule has 1 heterocycles. The highest BCUT2D eigenvalue weighted by molar-refractivity contribution is 7.92. The van der Waals surface area contributed by atoms with Crippen molar-refractivity contribution in [1.29, 1.82) is 0 Å². The number of benzene rings is 2. The fourth-order valence-corrected chi connectivity index (χ4v) is 4.93. The molecule has 0 spiro atoms. The summed E-state index contributed by atoms with van der Waals surface area (Å²) in [5.74, 6) is 0.449. The SMILES string of the molecule is COc1ccccc1N(C[C@@H](O)CN1CCCC1)S(=O)(=O)c1ccccc1. The number of aliphatic hydroxyl groups is 1. The Morgan fingerprint density at radius 1 is 1.07 bits per heavy atom. The van der Waals surface area contributed by atoms with Crippen LogP contribution >= 0.6 is 0 Å². The number of para-hydroxylation sites is 2. The molecule has 1 aliphatic rings. The van der Waals surface area contributed by atoms with Crippen LogP contribution in [0.4, 0.5) is 5.69 Å².